The van der Waals surface area contributed by atoms with E-state index in [1.807, 2.05) is 6.07 Å². The maximum absolute atomic E-state index is 10.3. The third-order valence-corrected chi connectivity index (χ3v) is 4.70. The SMILES string of the molecule is Oc1cc2c(cc1CCN1CCNCC1)CCCCC2. The van der Waals surface area contributed by atoms with Crippen LogP contribution in [0.4, 0.5) is 0 Å². The summed E-state index contributed by atoms with van der Waals surface area (Å²) in [6, 6.07) is 4.31. The van der Waals surface area contributed by atoms with Crippen molar-refractivity contribution in [1.82, 2.24) is 10.2 Å². The Bertz CT molecular complexity index is 453. The summed E-state index contributed by atoms with van der Waals surface area (Å²) < 4.78 is 0. The molecular weight excluding hydrogens is 248 g/mol. The first kappa shape index (κ1) is 13.9. The molecule has 0 bridgehead atoms. The van der Waals surface area contributed by atoms with E-state index in [0.29, 0.717) is 5.75 Å². The quantitative estimate of drug-likeness (QED) is 0.829. The number of benzene rings is 1. The first-order chi connectivity index (χ1) is 9.83. The van der Waals surface area contributed by atoms with Crippen LogP contribution in [0.5, 0.6) is 5.75 Å². The van der Waals surface area contributed by atoms with Gasteiger partial charge in [0.25, 0.3) is 0 Å². The highest BCUT2D eigenvalue weighted by Crippen LogP contribution is 2.28. The standard InChI is InChI=1S/C17H26N2O/c20-17-13-15-5-3-1-2-4-14(15)12-16(17)6-9-19-10-7-18-8-11-19/h12-13,18,20H,1-11H2. The maximum atomic E-state index is 10.3. The second-order valence-corrected chi connectivity index (χ2v) is 6.15. The Hall–Kier alpha value is -1.06. The molecule has 1 aliphatic heterocycles. The van der Waals surface area contributed by atoms with Crippen LogP contribution in [0.2, 0.25) is 0 Å². The fraction of sp³-hybridized carbons (Fsp3) is 0.647. The molecule has 0 unspecified atom stereocenters. The fourth-order valence-corrected chi connectivity index (χ4v) is 3.41. The van der Waals surface area contributed by atoms with Crippen LogP contribution < -0.4 is 5.32 Å². The number of hydrogen-bond donors (Lipinski definition) is 2. The van der Waals surface area contributed by atoms with E-state index < -0.39 is 0 Å². The Labute approximate surface area is 122 Å². The van der Waals surface area contributed by atoms with Gasteiger partial charge in [0.2, 0.25) is 0 Å². The van der Waals surface area contributed by atoms with Crippen LogP contribution in [0.3, 0.4) is 0 Å². The molecule has 2 aliphatic rings. The van der Waals surface area contributed by atoms with Crippen LogP contribution in [-0.2, 0) is 19.3 Å². The van der Waals surface area contributed by atoms with Crippen molar-refractivity contribution in [3.05, 3.63) is 28.8 Å². The van der Waals surface area contributed by atoms with Gasteiger partial charge >= 0.3 is 0 Å². The van der Waals surface area contributed by atoms with Gasteiger partial charge in [-0.05, 0) is 54.9 Å². The summed E-state index contributed by atoms with van der Waals surface area (Å²) in [5, 5.41) is 13.6. The van der Waals surface area contributed by atoms with Crippen LogP contribution in [0.25, 0.3) is 0 Å². The summed E-state index contributed by atoms with van der Waals surface area (Å²) >= 11 is 0. The van der Waals surface area contributed by atoms with Gasteiger partial charge in [0.15, 0.2) is 0 Å². The van der Waals surface area contributed by atoms with E-state index in [1.54, 1.807) is 0 Å². The number of fused-ring (bicyclic) bond motifs is 1. The molecule has 1 saturated heterocycles. The van der Waals surface area contributed by atoms with Gasteiger partial charge in [0.1, 0.15) is 5.75 Å². The molecular formula is C17H26N2O. The largest absolute Gasteiger partial charge is 0.508 e. The molecule has 2 N–H and O–H groups in total. The molecule has 1 aromatic carbocycles. The van der Waals surface area contributed by atoms with Crippen molar-refractivity contribution >= 4 is 0 Å². The van der Waals surface area contributed by atoms with Crippen LogP contribution in [0, 0.1) is 0 Å². The molecule has 0 aromatic heterocycles. The predicted octanol–water partition coefficient (Wildman–Crippen LogP) is 2.11. The highest BCUT2D eigenvalue weighted by Gasteiger charge is 2.14. The molecule has 20 heavy (non-hydrogen) atoms. The van der Waals surface area contributed by atoms with E-state index in [-0.39, 0.29) is 0 Å². The lowest BCUT2D eigenvalue weighted by molar-refractivity contribution is 0.243. The normalized spacial score (nSPS) is 20.4. The Balaban J connectivity index is 1.67. The fourth-order valence-electron chi connectivity index (χ4n) is 3.41. The third-order valence-electron chi connectivity index (χ3n) is 4.70. The molecule has 0 radical (unpaired) electrons. The minimum Gasteiger partial charge on any atom is -0.508 e. The van der Waals surface area contributed by atoms with Gasteiger partial charge in [-0.3, -0.25) is 0 Å². The summed E-state index contributed by atoms with van der Waals surface area (Å²) in [5.41, 5.74) is 4.01. The van der Waals surface area contributed by atoms with E-state index in [9.17, 15) is 5.11 Å². The Morgan fingerprint density at radius 3 is 2.45 bits per heavy atom. The summed E-state index contributed by atoms with van der Waals surface area (Å²) in [5.74, 6) is 0.515. The zero-order chi connectivity index (χ0) is 13.8. The molecule has 0 spiro atoms. The zero-order valence-corrected chi connectivity index (χ0v) is 12.3. The van der Waals surface area contributed by atoms with E-state index in [4.69, 9.17) is 0 Å². The van der Waals surface area contributed by atoms with Crippen molar-refractivity contribution in [3.8, 4) is 5.75 Å². The van der Waals surface area contributed by atoms with E-state index >= 15 is 0 Å². The molecule has 110 valence electrons. The van der Waals surface area contributed by atoms with Crippen molar-refractivity contribution in [2.75, 3.05) is 32.7 Å². The molecule has 3 rings (SSSR count). The van der Waals surface area contributed by atoms with Crippen LogP contribution in [0.1, 0.15) is 36.0 Å². The van der Waals surface area contributed by atoms with Gasteiger partial charge in [0, 0.05) is 32.7 Å². The topological polar surface area (TPSA) is 35.5 Å². The predicted molar refractivity (Wildman–Crippen MR) is 82.4 cm³/mol. The molecule has 0 atom stereocenters. The molecule has 0 saturated carbocycles. The number of phenolic OH excluding ortho intramolecular Hbond substituents is 1. The molecule has 0 amide bonds. The highest BCUT2D eigenvalue weighted by atomic mass is 16.3. The number of nitrogens with zero attached hydrogens (tertiary/aromatic N) is 1. The van der Waals surface area contributed by atoms with Crippen molar-refractivity contribution in [1.29, 1.82) is 0 Å². The third kappa shape index (κ3) is 3.33. The number of piperazine rings is 1. The van der Waals surface area contributed by atoms with Crippen LogP contribution in [-0.4, -0.2) is 42.7 Å². The Kier molecular flexibility index (Phi) is 4.58. The van der Waals surface area contributed by atoms with Gasteiger partial charge < -0.3 is 15.3 Å². The number of phenols is 1. The molecule has 1 aromatic rings. The molecule has 1 aliphatic carbocycles. The molecule has 3 heteroatoms. The molecule has 3 nitrogen and oxygen atoms in total. The van der Waals surface area contributed by atoms with Gasteiger partial charge in [-0.1, -0.05) is 12.5 Å². The number of aryl methyl sites for hydroxylation is 2. The average Bonchev–Trinajstić information content (AvgIpc) is 2.70. The first-order valence-electron chi connectivity index (χ1n) is 8.09. The lowest BCUT2D eigenvalue weighted by Crippen LogP contribution is -2.44. The van der Waals surface area contributed by atoms with Crippen LogP contribution in [0.15, 0.2) is 12.1 Å². The van der Waals surface area contributed by atoms with Crippen molar-refractivity contribution in [2.24, 2.45) is 0 Å². The van der Waals surface area contributed by atoms with E-state index in [2.05, 4.69) is 16.3 Å². The summed E-state index contributed by atoms with van der Waals surface area (Å²) in [4.78, 5) is 2.49. The Morgan fingerprint density at radius 1 is 1.00 bits per heavy atom. The van der Waals surface area contributed by atoms with Gasteiger partial charge in [-0.15, -0.1) is 0 Å². The van der Waals surface area contributed by atoms with Gasteiger partial charge in [0.05, 0.1) is 0 Å². The summed E-state index contributed by atoms with van der Waals surface area (Å²) in [7, 11) is 0. The number of nitrogens with one attached hydrogen (secondary N) is 1. The van der Waals surface area contributed by atoms with E-state index in [1.165, 1.54) is 36.8 Å². The van der Waals surface area contributed by atoms with Gasteiger partial charge in [-0.2, -0.15) is 0 Å². The smallest absolute Gasteiger partial charge is 0.119 e. The minimum absolute atomic E-state index is 0.515. The van der Waals surface area contributed by atoms with Gasteiger partial charge in [-0.25, -0.2) is 0 Å². The first-order valence-corrected chi connectivity index (χ1v) is 8.09. The summed E-state index contributed by atoms with van der Waals surface area (Å²) in [6.45, 7) is 5.51. The monoisotopic (exact) mass is 274 g/mol. The van der Waals surface area contributed by atoms with Crippen molar-refractivity contribution in [3.63, 3.8) is 0 Å². The van der Waals surface area contributed by atoms with E-state index in [0.717, 1.165) is 51.1 Å². The second kappa shape index (κ2) is 6.59. The Morgan fingerprint density at radius 2 is 1.70 bits per heavy atom. The van der Waals surface area contributed by atoms with Crippen molar-refractivity contribution < 1.29 is 5.11 Å². The number of hydrogen-bond acceptors (Lipinski definition) is 3. The zero-order valence-electron chi connectivity index (χ0n) is 12.3. The maximum Gasteiger partial charge on any atom is 0.119 e. The number of aromatic hydroxyl groups is 1. The second-order valence-electron chi connectivity index (χ2n) is 6.15. The van der Waals surface area contributed by atoms with Crippen molar-refractivity contribution in [2.45, 2.75) is 38.5 Å². The number of rotatable bonds is 3. The molecule has 1 heterocycles. The minimum atomic E-state index is 0.515. The highest BCUT2D eigenvalue weighted by molar-refractivity contribution is 5.42. The lowest BCUT2D eigenvalue weighted by atomic mass is 9.97. The summed E-state index contributed by atoms with van der Waals surface area (Å²) in [6.07, 6.45) is 7.20. The lowest BCUT2D eigenvalue weighted by Gasteiger charge is -2.27. The van der Waals surface area contributed by atoms with Crippen LogP contribution >= 0.6 is 0 Å². The molecule has 1 fully saturated rings. The average molecular weight is 274 g/mol.